The van der Waals surface area contributed by atoms with Gasteiger partial charge in [-0.1, -0.05) is 12.1 Å². The van der Waals surface area contributed by atoms with Crippen molar-refractivity contribution in [2.24, 2.45) is 0 Å². The largest absolute Gasteiger partial charge is 0.573 e. The number of amides is 1. The number of rotatable bonds is 6. The summed E-state index contributed by atoms with van der Waals surface area (Å²) in [5.74, 6) is -1.01. The molecule has 1 amide bonds. The summed E-state index contributed by atoms with van der Waals surface area (Å²) in [7, 11) is 0. The van der Waals surface area contributed by atoms with Gasteiger partial charge >= 0.3 is 18.4 Å². The number of hydrogen-bond donors (Lipinski definition) is 1. The number of halogens is 3. The molecule has 0 atom stereocenters. The quantitative estimate of drug-likeness (QED) is 0.603. The summed E-state index contributed by atoms with van der Waals surface area (Å²) in [5.41, 5.74) is 1.43. The first-order chi connectivity index (χ1) is 16.6. The van der Waals surface area contributed by atoms with Crippen LogP contribution in [-0.2, 0) is 11.3 Å². The maximum atomic E-state index is 12.9. The van der Waals surface area contributed by atoms with Crippen LogP contribution in [0.1, 0.15) is 53.1 Å². The number of alkyl halides is 3. The number of benzene rings is 2. The molecule has 3 fully saturated rings. The lowest BCUT2D eigenvalue weighted by Gasteiger charge is -2.37. The van der Waals surface area contributed by atoms with E-state index in [4.69, 9.17) is 9.84 Å². The van der Waals surface area contributed by atoms with E-state index in [0.29, 0.717) is 50.3 Å². The summed E-state index contributed by atoms with van der Waals surface area (Å²) < 4.78 is 48.8. The van der Waals surface area contributed by atoms with Gasteiger partial charge in [-0.15, -0.1) is 13.2 Å². The third kappa shape index (κ3) is 5.22. The Balaban J connectivity index is 1.22. The highest BCUT2D eigenvalue weighted by Crippen LogP contribution is 2.46. The second-order valence-electron chi connectivity index (χ2n) is 9.46. The van der Waals surface area contributed by atoms with Crippen molar-refractivity contribution in [2.75, 3.05) is 24.5 Å². The van der Waals surface area contributed by atoms with Crippen LogP contribution in [-0.4, -0.2) is 53.7 Å². The molecule has 2 heterocycles. The van der Waals surface area contributed by atoms with Crippen molar-refractivity contribution in [3.63, 3.8) is 0 Å². The average Bonchev–Trinajstić information content (AvgIpc) is 3.58. The third-order valence-corrected chi connectivity index (χ3v) is 6.89. The molecule has 5 rings (SSSR count). The maximum absolute atomic E-state index is 12.9. The molecule has 0 aromatic heterocycles. The number of anilines is 1. The fourth-order valence-electron chi connectivity index (χ4n) is 4.86. The number of piperidine rings is 1. The molecule has 0 radical (unpaired) electrons. The van der Waals surface area contributed by atoms with Gasteiger partial charge in [0.1, 0.15) is 11.4 Å². The maximum Gasteiger partial charge on any atom is 0.573 e. The minimum atomic E-state index is -4.73. The number of carboxylic acids is 1. The number of carboxylic acid groups (broad SMARTS) is 1. The predicted molar refractivity (Wildman–Crippen MR) is 120 cm³/mol. The molecule has 1 saturated carbocycles. The zero-order chi connectivity index (χ0) is 24.8. The van der Waals surface area contributed by atoms with Crippen LogP contribution in [0.4, 0.5) is 23.7 Å². The Morgan fingerprint density at radius 3 is 2.40 bits per heavy atom. The molecule has 3 aliphatic rings. The Morgan fingerprint density at radius 2 is 1.80 bits per heavy atom. The van der Waals surface area contributed by atoms with Crippen LogP contribution in [0.15, 0.2) is 42.5 Å². The molecular weight excluding hydrogens is 465 g/mol. The Labute approximate surface area is 200 Å². The summed E-state index contributed by atoms with van der Waals surface area (Å²) in [6.07, 6.45) is -2.26. The van der Waals surface area contributed by atoms with E-state index >= 15 is 0 Å². The van der Waals surface area contributed by atoms with E-state index in [-0.39, 0.29) is 17.2 Å². The molecule has 35 heavy (non-hydrogen) atoms. The van der Waals surface area contributed by atoms with Crippen molar-refractivity contribution < 1.29 is 37.3 Å². The van der Waals surface area contributed by atoms with Crippen molar-refractivity contribution in [1.82, 2.24) is 4.90 Å². The molecule has 1 spiro atoms. The number of carbonyl (C=O) groups is 2. The van der Waals surface area contributed by atoms with Gasteiger partial charge in [-0.05, 0) is 60.2 Å². The Kier molecular flexibility index (Phi) is 5.86. The van der Waals surface area contributed by atoms with Gasteiger partial charge in [0.2, 0.25) is 0 Å². The van der Waals surface area contributed by atoms with Crippen LogP contribution in [0.5, 0.6) is 5.75 Å². The van der Waals surface area contributed by atoms with E-state index in [1.807, 2.05) is 6.07 Å². The van der Waals surface area contributed by atoms with Crippen molar-refractivity contribution in [2.45, 2.75) is 50.1 Å². The first kappa shape index (κ1) is 23.5. The summed E-state index contributed by atoms with van der Waals surface area (Å²) in [5, 5.41) is 9.06. The second kappa shape index (κ2) is 8.75. The third-order valence-electron chi connectivity index (χ3n) is 6.89. The second-order valence-corrected chi connectivity index (χ2v) is 9.46. The van der Waals surface area contributed by atoms with Crippen LogP contribution >= 0.6 is 0 Å². The normalized spacial score (nSPS) is 20.2. The van der Waals surface area contributed by atoms with E-state index in [1.54, 1.807) is 18.2 Å². The summed E-state index contributed by atoms with van der Waals surface area (Å²) in [4.78, 5) is 27.3. The van der Waals surface area contributed by atoms with Crippen molar-refractivity contribution >= 4 is 17.7 Å². The topological polar surface area (TPSA) is 79.3 Å². The van der Waals surface area contributed by atoms with Crippen LogP contribution in [0.3, 0.4) is 0 Å². The molecule has 2 aromatic carbocycles. The first-order valence-electron chi connectivity index (χ1n) is 11.6. The molecule has 2 saturated heterocycles. The zero-order valence-corrected chi connectivity index (χ0v) is 18.9. The summed E-state index contributed by atoms with van der Waals surface area (Å²) in [6.45, 7) is 2.09. The van der Waals surface area contributed by atoms with Gasteiger partial charge in [0.25, 0.3) is 0 Å². The highest BCUT2D eigenvalue weighted by Gasteiger charge is 2.47. The average molecular weight is 490 g/mol. The van der Waals surface area contributed by atoms with E-state index < -0.39 is 24.0 Å². The highest BCUT2D eigenvalue weighted by atomic mass is 19.4. The number of ether oxygens (including phenoxy) is 2. The van der Waals surface area contributed by atoms with Crippen LogP contribution in [0.2, 0.25) is 0 Å². The molecule has 10 heteroatoms. The van der Waals surface area contributed by atoms with Gasteiger partial charge in [-0.3, -0.25) is 9.80 Å². The van der Waals surface area contributed by atoms with Gasteiger partial charge in [0.15, 0.2) is 0 Å². The van der Waals surface area contributed by atoms with E-state index in [1.165, 1.54) is 23.1 Å². The number of carbonyl (C=O) groups excluding carboxylic acids is 1. The molecular formula is C25H25F3N2O5. The Hall–Kier alpha value is -3.27. The van der Waals surface area contributed by atoms with Gasteiger partial charge in [-0.25, -0.2) is 9.59 Å². The molecule has 0 bridgehead atoms. The molecule has 186 valence electrons. The molecule has 0 unspecified atom stereocenters. The van der Waals surface area contributed by atoms with Gasteiger partial charge in [0.05, 0.1) is 12.1 Å². The standard InChI is InChI=1S/C25H25F3N2O5/c26-25(27,28)34-21-13-16(1-8-20(21)17-2-3-17)14-29-11-9-24(10-12-29)15-30(23(33)35-24)19-6-4-18(5-7-19)22(31)32/h1,4-8,13,17H,2-3,9-12,14-15H2,(H,31,32). The van der Waals surface area contributed by atoms with Crippen molar-refractivity contribution in [3.05, 3.63) is 59.2 Å². The molecule has 1 aliphatic carbocycles. The van der Waals surface area contributed by atoms with Crippen LogP contribution in [0, 0.1) is 0 Å². The van der Waals surface area contributed by atoms with Crippen molar-refractivity contribution in [1.29, 1.82) is 0 Å². The first-order valence-corrected chi connectivity index (χ1v) is 11.6. The van der Waals surface area contributed by atoms with E-state index in [0.717, 1.165) is 18.4 Å². The molecule has 2 aromatic rings. The lowest BCUT2D eigenvalue weighted by molar-refractivity contribution is -0.274. The van der Waals surface area contributed by atoms with E-state index in [9.17, 15) is 22.8 Å². The minimum absolute atomic E-state index is 0.111. The van der Waals surface area contributed by atoms with Crippen molar-refractivity contribution in [3.8, 4) is 5.75 Å². The minimum Gasteiger partial charge on any atom is -0.478 e. The zero-order valence-electron chi connectivity index (χ0n) is 18.9. The molecule has 2 aliphatic heterocycles. The molecule has 1 N–H and O–H groups in total. The lowest BCUT2D eigenvalue weighted by atomic mass is 9.91. The van der Waals surface area contributed by atoms with Gasteiger partial charge in [-0.2, -0.15) is 0 Å². The molecule has 7 nitrogen and oxygen atoms in total. The van der Waals surface area contributed by atoms with Gasteiger partial charge < -0.3 is 14.6 Å². The Morgan fingerprint density at radius 1 is 1.11 bits per heavy atom. The van der Waals surface area contributed by atoms with E-state index in [2.05, 4.69) is 9.64 Å². The number of aromatic carboxylic acids is 1. The lowest BCUT2D eigenvalue weighted by Crippen LogP contribution is -2.46. The fourth-order valence-corrected chi connectivity index (χ4v) is 4.86. The smallest absolute Gasteiger partial charge is 0.478 e. The number of likely N-dealkylation sites (tertiary alicyclic amines) is 1. The highest BCUT2D eigenvalue weighted by molar-refractivity contribution is 5.92. The predicted octanol–water partition coefficient (Wildman–Crippen LogP) is 5.15. The van der Waals surface area contributed by atoms with Gasteiger partial charge in [0, 0.05) is 38.2 Å². The number of nitrogens with zero attached hydrogens (tertiary/aromatic N) is 2. The Bertz CT molecular complexity index is 1120. The summed E-state index contributed by atoms with van der Waals surface area (Å²) >= 11 is 0. The SMILES string of the molecule is O=C(O)c1ccc(N2CC3(CCN(Cc4ccc(C5CC5)c(OC(F)(F)F)c4)CC3)OC2=O)cc1. The number of hydrogen-bond acceptors (Lipinski definition) is 5. The van der Waals surface area contributed by atoms with Crippen LogP contribution in [0.25, 0.3) is 0 Å². The fraction of sp³-hybridized carbons (Fsp3) is 0.440. The summed E-state index contributed by atoms with van der Waals surface area (Å²) in [6, 6.07) is 11.2. The van der Waals surface area contributed by atoms with Crippen LogP contribution < -0.4 is 9.64 Å². The monoisotopic (exact) mass is 490 g/mol.